The number of hydrogen-bond acceptors (Lipinski definition) is 5. The first kappa shape index (κ1) is 14.7. The van der Waals surface area contributed by atoms with Crippen LogP contribution in [0.5, 0.6) is 0 Å². The number of hydrogen-bond donors (Lipinski definition) is 1. The highest BCUT2D eigenvalue weighted by Gasteiger charge is 2.44. The SMILES string of the molecule is CCOC(=O)C1CSCCN1C(=O)C1(N)CCCC1. The number of nitrogens with zero attached hydrogens (tertiary/aromatic N) is 1. The number of nitrogens with two attached hydrogens (primary N) is 1. The highest BCUT2D eigenvalue weighted by atomic mass is 32.2. The van der Waals surface area contributed by atoms with Gasteiger partial charge in [0.05, 0.1) is 12.1 Å². The summed E-state index contributed by atoms with van der Waals surface area (Å²) in [5.41, 5.74) is 5.46. The fourth-order valence-corrected chi connectivity index (χ4v) is 3.82. The van der Waals surface area contributed by atoms with E-state index in [1.54, 1.807) is 23.6 Å². The quantitative estimate of drug-likeness (QED) is 0.776. The van der Waals surface area contributed by atoms with Crippen molar-refractivity contribution in [1.29, 1.82) is 0 Å². The number of amides is 1. The summed E-state index contributed by atoms with van der Waals surface area (Å²) >= 11 is 1.68. The molecule has 1 atom stereocenters. The first-order valence-corrected chi connectivity index (χ1v) is 8.08. The van der Waals surface area contributed by atoms with Gasteiger partial charge in [0.15, 0.2) is 0 Å². The second-order valence-electron chi connectivity index (χ2n) is 5.20. The Bertz CT molecular complexity index is 356. The lowest BCUT2D eigenvalue weighted by molar-refractivity contribution is -0.155. The number of ether oxygens (including phenoxy) is 1. The topological polar surface area (TPSA) is 72.6 Å². The van der Waals surface area contributed by atoms with Crippen molar-refractivity contribution in [2.24, 2.45) is 5.73 Å². The van der Waals surface area contributed by atoms with Gasteiger partial charge in [0.2, 0.25) is 5.91 Å². The van der Waals surface area contributed by atoms with E-state index in [-0.39, 0.29) is 11.9 Å². The molecule has 1 saturated carbocycles. The molecule has 5 nitrogen and oxygen atoms in total. The minimum Gasteiger partial charge on any atom is -0.464 e. The molecule has 0 spiro atoms. The van der Waals surface area contributed by atoms with E-state index in [0.717, 1.165) is 31.4 Å². The van der Waals surface area contributed by atoms with Crippen molar-refractivity contribution >= 4 is 23.6 Å². The molecule has 1 aliphatic heterocycles. The Morgan fingerprint density at radius 2 is 2.11 bits per heavy atom. The third kappa shape index (κ3) is 3.05. The average Bonchev–Trinajstić information content (AvgIpc) is 2.86. The summed E-state index contributed by atoms with van der Waals surface area (Å²) in [6, 6.07) is -0.466. The van der Waals surface area contributed by atoms with E-state index in [4.69, 9.17) is 10.5 Å². The summed E-state index contributed by atoms with van der Waals surface area (Å²) in [6.45, 7) is 2.71. The van der Waals surface area contributed by atoms with E-state index in [9.17, 15) is 9.59 Å². The van der Waals surface area contributed by atoms with Crippen molar-refractivity contribution in [1.82, 2.24) is 4.90 Å². The minimum atomic E-state index is -0.757. The summed E-state index contributed by atoms with van der Waals surface area (Å²) in [5, 5.41) is 0. The van der Waals surface area contributed by atoms with E-state index in [0.29, 0.717) is 18.9 Å². The lowest BCUT2D eigenvalue weighted by Gasteiger charge is -2.38. The van der Waals surface area contributed by atoms with Crippen LogP contribution in [0.4, 0.5) is 0 Å². The van der Waals surface area contributed by atoms with Crippen LogP contribution in [0.2, 0.25) is 0 Å². The molecule has 1 amide bonds. The number of thioether (sulfide) groups is 1. The molecule has 6 heteroatoms. The Hall–Kier alpha value is -0.750. The van der Waals surface area contributed by atoms with E-state index >= 15 is 0 Å². The molecule has 1 saturated heterocycles. The summed E-state index contributed by atoms with van der Waals surface area (Å²) in [4.78, 5) is 26.2. The summed E-state index contributed by atoms with van der Waals surface area (Å²) in [7, 11) is 0. The van der Waals surface area contributed by atoms with Gasteiger partial charge in [0, 0.05) is 18.1 Å². The van der Waals surface area contributed by atoms with E-state index in [1.165, 1.54) is 0 Å². The van der Waals surface area contributed by atoms with Crippen molar-refractivity contribution in [2.75, 3.05) is 24.7 Å². The Balaban J connectivity index is 2.10. The second kappa shape index (κ2) is 6.13. The Labute approximate surface area is 118 Å². The zero-order valence-corrected chi connectivity index (χ0v) is 12.2. The van der Waals surface area contributed by atoms with Gasteiger partial charge < -0.3 is 15.4 Å². The van der Waals surface area contributed by atoms with Crippen LogP contribution >= 0.6 is 11.8 Å². The molecule has 2 N–H and O–H groups in total. The zero-order chi connectivity index (χ0) is 13.9. The monoisotopic (exact) mass is 286 g/mol. The van der Waals surface area contributed by atoms with Gasteiger partial charge in [-0.15, -0.1) is 0 Å². The lowest BCUT2D eigenvalue weighted by atomic mass is 9.96. The smallest absolute Gasteiger partial charge is 0.329 e. The van der Waals surface area contributed by atoms with Crippen LogP contribution in [0.15, 0.2) is 0 Å². The molecule has 1 aliphatic carbocycles. The highest BCUT2D eigenvalue weighted by Crippen LogP contribution is 2.31. The molecule has 2 aliphatic rings. The van der Waals surface area contributed by atoms with Gasteiger partial charge in [-0.05, 0) is 19.8 Å². The number of carbonyl (C=O) groups is 2. The summed E-state index contributed by atoms with van der Waals surface area (Å²) in [6.07, 6.45) is 3.44. The van der Waals surface area contributed by atoms with Crippen LogP contribution in [0.1, 0.15) is 32.6 Å². The van der Waals surface area contributed by atoms with Crippen LogP contribution in [0.3, 0.4) is 0 Å². The van der Waals surface area contributed by atoms with Crippen molar-refractivity contribution in [2.45, 2.75) is 44.2 Å². The first-order valence-electron chi connectivity index (χ1n) is 6.93. The normalized spacial score (nSPS) is 26.2. The number of carbonyl (C=O) groups excluding carboxylic acids is 2. The summed E-state index contributed by atoms with van der Waals surface area (Å²) in [5.74, 6) is 1.10. The van der Waals surface area contributed by atoms with Gasteiger partial charge in [-0.25, -0.2) is 4.79 Å². The molecule has 0 bridgehead atoms. The highest BCUT2D eigenvalue weighted by molar-refractivity contribution is 7.99. The second-order valence-corrected chi connectivity index (χ2v) is 6.35. The van der Waals surface area contributed by atoms with Crippen molar-refractivity contribution in [3.8, 4) is 0 Å². The molecule has 2 rings (SSSR count). The number of esters is 1. The van der Waals surface area contributed by atoms with Crippen LogP contribution in [0, 0.1) is 0 Å². The molecule has 0 radical (unpaired) electrons. The molecule has 19 heavy (non-hydrogen) atoms. The van der Waals surface area contributed by atoms with Crippen LogP contribution in [-0.2, 0) is 14.3 Å². The zero-order valence-electron chi connectivity index (χ0n) is 11.4. The third-order valence-electron chi connectivity index (χ3n) is 3.87. The summed E-state index contributed by atoms with van der Waals surface area (Å²) < 4.78 is 5.07. The first-order chi connectivity index (χ1) is 9.08. The maximum atomic E-state index is 12.6. The average molecular weight is 286 g/mol. The Morgan fingerprint density at radius 1 is 1.42 bits per heavy atom. The standard InChI is InChI=1S/C13H22N2O3S/c1-2-18-11(16)10-9-19-8-7-15(10)12(17)13(14)5-3-4-6-13/h10H,2-9,14H2,1H3. The van der Waals surface area contributed by atoms with Gasteiger partial charge in [0.25, 0.3) is 0 Å². The largest absolute Gasteiger partial charge is 0.464 e. The molecule has 2 fully saturated rings. The van der Waals surface area contributed by atoms with Gasteiger partial charge in [-0.2, -0.15) is 11.8 Å². The van der Waals surface area contributed by atoms with Gasteiger partial charge >= 0.3 is 5.97 Å². The van der Waals surface area contributed by atoms with E-state index in [1.807, 2.05) is 0 Å². The van der Waals surface area contributed by atoms with Crippen molar-refractivity contribution in [3.05, 3.63) is 0 Å². The number of rotatable bonds is 3. The maximum Gasteiger partial charge on any atom is 0.329 e. The molecular weight excluding hydrogens is 264 g/mol. The Morgan fingerprint density at radius 3 is 2.74 bits per heavy atom. The van der Waals surface area contributed by atoms with Crippen LogP contribution in [-0.4, -0.2) is 53.0 Å². The van der Waals surface area contributed by atoms with Crippen LogP contribution in [0.25, 0.3) is 0 Å². The molecule has 0 aromatic heterocycles. The molecular formula is C13H22N2O3S. The Kier molecular flexibility index (Phi) is 4.73. The van der Waals surface area contributed by atoms with E-state index in [2.05, 4.69) is 0 Å². The van der Waals surface area contributed by atoms with Crippen LogP contribution < -0.4 is 5.73 Å². The molecule has 108 valence electrons. The molecule has 1 heterocycles. The predicted octanol–water partition coefficient (Wildman–Crippen LogP) is 0.765. The van der Waals surface area contributed by atoms with Gasteiger partial charge in [-0.1, -0.05) is 12.8 Å². The maximum absolute atomic E-state index is 12.6. The fourth-order valence-electron chi connectivity index (χ4n) is 2.79. The van der Waals surface area contributed by atoms with Crippen molar-refractivity contribution in [3.63, 3.8) is 0 Å². The van der Waals surface area contributed by atoms with Gasteiger partial charge in [-0.3, -0.25) is 4.79 Å². The van der Waals surface area contributed by atoms with E-state index < -0.39 is 11.6 Å². The van der Waals surface area contributed by atoms with Gasteiger partial charge in [0.1, 0.15) is 6.04 Å². The predicted molar refractivity (Wildman–Crippen MR) is 74.8 cm³/mol. The lowest BCUT2D eigenvalue weighted by Crippen LogP contribution is -2.60. The molecule has 0 aromatic carbocycles. The van der Waals surface area contributed by atoms with Crippen molar-refractivity contribution < 1.29 is 14.3 Å². The minimum absolute atomic E-state index is 0.0663. The fraction of sp³-hybridized carbons (Fsp3) is 0.846. The molecule has 1 unspecified atom stereocenters. The third-order valence-corrected chi connectivity index (χ3v) is 4.89. The molecule has 0 aromatic rings.